The molecule has 1 fully saturated rings. The van der Waals surface area contributed by atoms with Crippen molar-refractivity contribution in [2.24, 2.45) is 5.92 Å². The van der Waals surface area contributed by atoms with Crippen LogP contribution in [0.15, 0.2) is 30.3 Å². The second-order valence-corrected chi connectivity index (χ2v) is 6.53. The maximum absolute atomic E-state index is 11.9. The Morgan fingerprint density at radius 2 is 2.00 bits per heavy atom. The van der Waals surface area contributed by atoms with Gasteiger partial charge in [0.15, 0.2) is 0 Å². The number of rotatable bonds is 6. The molecule has 1 aromatic rings. The van der Waals surface area contributed by atoms with E-state index < -0.39 is 5.60 Å². The third-order valence-electron chi connectivity index (χ3n) is 4.49. The Bertz CT molecular complexity index is 472. The molecule has 0 bridgehead atoms. The fourth-order valence-corrected chi connectivity index (χ4v) is 2.93. The molecule has 0 aliphatic heterocycles. The molecule has 4 nitrogen and oxygen atoms in total. The number of hydrogen-bond acceptors (Lipinski definition) is 3. The van der Waals surface area contributed by atoms with Crippen LogP contribution in [0.1, 0.15) is 45.1 Å². The largest absolute Gasteiger partial charge is 0.384 e. The van der Waals surface area contributed by atoms with Crippen LogP contribution in [0.3, 0.4) is 0 Å². The van der Waals surface area contributed by atoms with Crippen molar-refractivity contribution < 1.29 is 14.6 Å². The minimum atomic E-state index is -1.07. The first-order chi connectivity index (χ1) is 10.5. The van der Waals surface area contributed by atoms with Gasteiger partial charge in [-0.2, -0.15) is 0 Å². The molecule has 0 aromatic heterocycles. The smallest absolute Gasteiger partial charge is 0.246 e. The zero-order valence-electron chi connectivity index (χ0n) is 13.5. The van der Waals surface area contributed by atoms with Crippen LogP contribution in [0.2, 0.25) is 0 Å². The summed E-state index contributed by atoms with van der Waals surface area (Å²) in [6, 6.07) is 9.36. The Morgan fingerprint density at radius 3 is 2.68 bits per heavy atom. The summed E-state index contributed by atoms with van der Waals surface area (Å²) in [7, 11) is 0. The van der Waals surface area contributed by atoms with Gasteiger partial charge in [-0.1, -0.05) is 50.1 Å². The van der Waals surface area contributed by atoms with Crippen molar-refractivity contribution in [2.75, 3.05) is 13.2 Å². The van der Waals surface area contributed by atoms with Gasteiger partial charge in [-0.25, -0.2) is 0 Å². The highest BCUT2D eigenvalue weighted by atomic mass is 16.5. The SMILES string of the molecule is CC1CCCCC1OCC(=O)NCC(C)(O)c1ccccc1. The van der Waals surface area contributed by atoms with Crippen molar-refractivity contribution in [3.63, 3.8) is 0 Å². The molecule has 1 amide bonds. The Morgan fingerprint density at radius 1 is 1.32 bits per heavy atom. The van der Waals surface area contributed by atoms with E-state index in [1.54, 1.807) is 6.92 Å². The lowest BCUT2D eigenvalue weighted by atomic mass is 9.88. The van der Waals surface area contributed by atoms with Crippen LogP contribution in [0.4, 0.5) is 0 Å². The number of nitrogens with one attached hydrogen (secondary N) is 1. The maximum atomic E-state index is 11.9. The fourth-order valence-electron chi connectivity index (χ4n) is 2.93. The minimum absolute atomic E-state index is 0.0693. The van der Waals surface area contributed by atoms with E-state index >= 15 is 0 Å². The summed E-state index contributed by atoms with van der Waals surface area (Å²) in [6.07, 6.45) is 4.84. The van der Waals surface area contributed by atoms with E-state index in [9.17, 15) is 9.90 Å². The minimum Gasteiger partial charge on any atom is -0.384 e. The van der Waals surface area contributed by atoms with Gasteiger partial charge in [0.25, 0.3) is 0 Å². The molecule has 2 rings (SSSR count). The molecule has 22 heavy (non-hydrogen) atoms. The van der Waals surface area contributed by atoms with E-state index in [1.807, 2.05) is 30.3 Å². The molecule has 0 heterocycles. The van der Waals surface area contributed by atoms with Crippen LogP contribution < -0.4 is 5.32 Å². The van der Waals surface area contributed by atoms with Gasteiger partial charge in [0, 0.05) is 0 Å². The molecule has 0 spiro atoms. The lowest BCUT2D eigenvalue weighted by molar-refractivity contribution is -0.130. The third kappa shape index (κ3) is 4.82. The number of carbonyl (C=O) groups excluding carboxylic acids is 1. The van der Waals surface area contributed by atoms with Gasteiger partial charge in [0.2, 0.25) is 5.91 Å². The summed E-state index contributed by atoms with van der Waals surface area (Å²) in [4.78, 5) is 11.9. The first kappa shape index (κ1) is 17.0. The highest BCUT2D eigenvalue weighted by molar-refractivity contribution is 5.77. The molecular formula is C18H27NO3. The summed E-state index contributed by atoms with van der Waals surface area (Å²) in [5, 5.41) is 13.2. The first-order valence-electron chi connectivity index (χ1n) is 8.15. The standard InChI is InChI=1S/C18H27NO3/c1-14-8-6-7-11-16(14)22-12-17(20)19-13-18(2,21)15-9-4-3-5-10-15/h3-5,9-10,14,16,21H,6-8,11-13H2,1-2H3,(H,19,20). The molecule has 122 valence electrons. The normalized spacial score (nSPS) is 24.5. The van der Waals surface area contributed by atoms with Crippen LogP contribution in [0.5, 0.6) is 0 Å². The summed E-state index contributed by atoms with van der Waals surface area (Å²) >= 11 is 0. The van der Waals surface area contributed by atoms with E-state index in [0.29, 0.717) is 5.92 Å². The summed E-state index contributed by atoms with van der Waals surface area (Å²) in [5.41, 5.74) is -0.285. The second-order valence-electron chi connectivity index (χ2n) is 6.53. The number of amides is 1. The molecule has 1 aliphatic rings. The van der Waals surface area contributed by atoms with Crippen molar-refractivity contribution in [2.45, 2.75) is 51.2 Å². The monoisotopic (exact) mass is 305 g/mol. The molecule has 0 radical (unpaired) electrons. The predicted molar refractivity (Wildman–Crippen MR) is 86.4 cm³/mol. The van der Waals surface area contributed by atoms with Crippen LogP contribution in [-0.4, -0.2) is 30.3 Å². The molecular weight excluding hydrogens is 278 g/mol. The van der Waals surface area contributed by atoms with Crippen molar-refractivity contribution in [1.29, 1.82) is 0 Å². The Kier molecular flexibility index (Phi) is 5.98. The number of carbonyl (C=O) groups is 1. The zero-order chi connectivity index (χ0) is 16.0. The van der Waals surface area contributed by atoms with E-state index in [4.69, 9.17) is 4.74 Å². The van der Waals surface area contributed by atoms with E-state index in [1.165, 1.54) is 19.3 Å². The summed E-state index contributed by atoms with van der Waals surface area (Å²) < 4.78 is 5.73. The van der Waals surface area contributed by atoms with Crippen LogP contribution in [-0.2, 0) is 15.1 Å². The van der Waals surface area contributed by atoms with Gasteiger partial charge in [0.05, 0.1) is 12.6 Å². The Balaban J connectivity index is 1.75. The molecule has 1 aromatic carbocycles. The number of benzene rings is 1. The summed E-state index contributed by atoms with van der Waals surface area (Å²) in [6.45, 7) is 4.13. The Hall–Kier alpha value is -1.39. The lowest BCUT2D eigenvalue weighted by Gasteiger charge is -2.29. The van der Waals surface area contributed by atoms with E-state index in [2.05, 4.69) is 12.2 Å². The molecule has 1 aliphatic carbocycles. The van der Waals surface area contributed by atoms with Crippen molar-refractivity contribution >= 4 is 5.91 Å². The zero-order valence-corrected chi connectivity index (χ0v) is 13.5. The van der Waals surface area contributed by atoms with Crippen molar-refractivity contribution in [1.82, 2.24) is 5.32 Å². The maximum Gasteiger partial charge on any atom is 0.246 e. The van der Waals surface area contributed by atoms with Gasteiger partial charge in [0.1, 0.15) is 12.2 Å². The molecule has 1 saturated carbocycles. The van der Waals surface area contributed by atoms with Gasteiger partial charge in [-0.3, -0.25) is 4.79 Å². The van der Waals surface area contributed by atoms with Gasteiger partial charge < -0.3 is 15.2 Å². The summed E-state index contributed by atoms with van der Waals surface area (Å²) in [5.74, 6) is 0.350. The topological polar surface area (TPSA) is 58.6 Å². The average Bonchev–Trinajstić information content (AvgIpc) is 2.53. The second kappa shape index (κ2) is 7.75. The molecule has 3 atom stereocenters. The molecule has 3 unspecified atom stereocenters. The van der Waals surface area contributed by atoms with Crippen molar-refractivity contribution in [3.8, 4) is 0 Å². The van der Waals surface area contributed by atoms with Crippen LogP contribution in [0.25, 0.3) is 0 Å². The molecule has 2 N–H and O–H groups in total. The van der Waals surface area contributed by atoms with Crippen LogP contribution in [0, 0.1) is 5.92 Å². The highest BCUT2D eigenvalue weighted by Crippen LogP contribution is 2.26. The average molecular weight is 305 g/mol. The number of hydrogen-bond donors (Lipinski definition) is 2. The third-order valence-corrected chi connectivity index (χ3v) is 4.49. The first-order valence-corrected chi connectivity index (χ1v) is 8.15. The Labute approximate surface area is 132 Å². The lowest BCUT2D eigenvalue weighted by Crippen LogP contribution is -2.41. The van der Waals surface area contributed by atoms with E-state index in [0.717, 1.165) is 12.0 Å². The van der Waals surface area contributed by atoms with Gasteiger partial charge in [-0.05, 0) is 31.2 Å². The molecule has 0 saturated heterocycles. The fraction of sp³-hybridized carbons (Fsp3) is 0.611. The highest BCUT2D eigenvalue weighted by Gasteiger charge is 2.25. The van der Waals surface area contributed by atoms with Crippen LogP contribution >= 0.6 is 0 Å². The quantitative estimate of drug-likeness (QED) is 0.849. The number of aliphatic hydroxyl groups is 1. The number of ether oxygens (including phenoxy) is 1. The van der Waals surface area contributed by atoms with E-state index in [-0.39, 0.29) is 25.2 Å². The van der Waals surface area contributed by atoms with Crippen molar-refractivity contribution in [3.05, 3.63) is 35.9 Å². The van der Waals surface area contributed by atoms with Gasteiger partial charge in [-0.15, -0.1) is 0 Å². The van der Waals surface area contributed by atoms with Gasteiger partial charge >= 0.3 is 0 Å². The predicted octanol–water partition coefficient (Wildman–Crippen LogP) is 2.61. The molecule has 4 heteroatoms.